The zero-order valence-electron chi connectivity index (χ0n) is 8.50. The van der Waals surface area contributed by atoms with Crippen LogP contribution in [0.25, 0.3) is 0 Å². The van der Waals surface area contributed by atoms with Gasteiger partial charge in [-0.15, -0.1) is 0 Å². The monoisotopic (exact) mass is 186 g/mol. The molecule has 3 nitrogen and oxygen atoms in total. The third-order valence-electron chi connectivity index (χ3n) is 3.62. The molecule has 1 aliphatic carbocycles. The van der Waals surface area contributed by atoms with Crippen LogP contribution in [0.3, 0.4) is 0 Å². The number of carbonyl (C=O) groups is 1. The van der Waals surface area contributed by atoms with Crippen LogP contribution in [0.15, 0.2) is 0 Å². The molecule has 0 bridgehead atoms. The van der Waals surface area contributed by atoms with Gasteiger partial charge in [-0.2, -0.15) is 0 Å². The van der Waals surface area contributed by atoms with E-state index in [1.807, 2.05) is 13.8 Å². The molecule has 0 aromatic carbocycles. The van der Waals surface area contributed by atoms with Crippen molar-refractivity contribution < 1.29 is 15.0 Å². The highest BCUT2D eigenvalue weighted by Gasteiger charge is 2.53. The highest BCUT2D eigenvalue weighted by atomic mass is 16.4. The van der Waals surface area contributed by atoms with Gasteiger partial charge in [0.2, 0.25) is 0 Å². The summed E-state index contributed by atoms with van der Waals surface area (Å²) in [7, 11) is 0. The summed E-state index contributed by atoms with van der Waals surface area (Å²) in [6.07, 6.45) is 2.43. The number of carboxylic acids is 1. The molecule has 13 heavy (non-hydrogen) atoms. The first-order valence-electron chi connectivity index (χ1n) is 4.76. The number of rotatable bonds is 2. The highest BCUT2D eigenvalue weighted by molar-refractivity contribution is 5.71. The van der Waals surface area contributed by atoms with Gasteiger partial charge in [0.1, 0.15) is 0 Å². The molecular weight excluding hydrogens is 168 g/mol. The minimum atomic E-state index is -1.03. The van der Waals surface area contributed by atoms with Crippen molar-refractivity contribution in [3.05, 3.63) is 0 Å². The van der Waals surface area contributed by atoms with Gasteiger partial charge in [-0.05, 0) is 31.6 Å². The molecule has 3 heteroatoms. The van der Waals surface area contributed by atoms with E-state index in [1.54, 1.807) is 6.92 Å². The molecule has 0 aromatic rings. The average Bonchev–Trinajstić information content (AvgIpc) is 2.26. The number of hydrogen-bond acceptors (Lipinski definition) is 2. The molecule has 1 rings (SSSR count). The van der Waals surface area contributed by atoms with Crippen LogP contribution in [0.1, 0.15) is 40.0 Å². The van der Waals surface area contributed by atoms with E-state index in [0.717, 1.165) is 12.8 Å². The number of aliphatic carboxylic acids is 1. The third-order valence-corrected chi connectivity index (χ3v) is 3.62. The lowest BCUT2D eigenvalue weighted by molar-refractivity contribution is -0.159. The quantitative estimate of drug-likeness (QED) is 0.689. The first-order chi connectivity index (χ1) is 5.81. The Bertz CT molecular complexity index is 222. The molecule has 0 heterocycles. The minimum absolute atomic E-state index is 0.273. The van der Waals surface area contributed by atoms with Crippen LogP contribution in [-0.2, 0) is 4.79 Å². The van der Waals surface area contributed by atoms with Crippen molar-refractivity contribution >= 4 is 5.97 Å². The second-order valence-corrected chi connectivity index (χ2v) is 4.72. The zero-order chi connectivity index (χ0) is 10.3. The molecular formula is C10H18O3. The molecule has 2 unspecified atom stereocenters. The van der Waals surface area contributed by atoms with Crippen molar-refractivity contribution in [3.63, 3.8) is 0 Å². The maximum atomic E-state index is 10.8. The van der Waals surface area contributed by atoms with Crippen molar-refractivity contribution in [2.75, 3.05) is 0 Å². The summed E-state index contributed by atoms with van der Waals surface area (Å²) in [6.45, 7) is 5.48. The molecule has 0 radical (unpaired) electrons. The minimum Gasteiger partial charge on any atom is -0.481 e. The van der Waals surface area contributed by atoms with Gasteiger partial charge in [0.05, 0.1) is 11.5 Å². The molecule has 0 aromatic heterocycles. The fourth-order valence-corrected chi connectivity index (χ4v) is 2.36. The number of hydrogen-bond donors (Lipinski definition) is 2. The Morgan fingerprint density at radius 3 is 2.23 bits per heavy atom. The van der Waals surface area contributed by atoms with Gasteiger partial charge in [0, 0.05) is 0 Å². The Balaban J connectivity index is 2.93. The van der Waals surface area contributed by atoms with Crippen molar-refractivity contribution in [3.8, 4) is 0 Å². The first-order valence-corrected chi connectivity index (χ1v) is 4.76. The Hall–Kier alpha value is -0.570. The lowest BCUT2D eigenvalue weighted by Crippen LogP contribution is -2.48. The van der Waals surface area contributed by atoms with Crippen molar-refractivity contribution in [1.82, 2.24) is 0 Å². The number of aliphatic hydroxyl groups is 1. The predicted octanol–water partition coefficient (Wildman–Crippen LogP) is 1.65. The van der Waals surface area contributed by atoms with Crippen molar-refractivity contribution in [2.45, 2.75) is 45.6 Å². The molecule has 2 atom stereocenters. The van der Waals surface area contributed by atoms with Gasteiger partial charge in [0.15, 0.2) is 0 Å². The Labute approximate surface area is 78.8 Å². The van der Waals surface area contributed by atoms with Crippen LogP contribution in [0, 0.1) is 11.3 Å². The maximum absolute atomic E-state index is 10.8. The topological polar surface area (TPSA) is 57.5 Å². The molecule has 76 valence electrons. The van der Waals surface area contributed by atoms with E-state index < -0.39 is 17.5 Å². The molecule has 0 amide bonds. The van der Waals surface area contributed by atoms with E-state index in [0.29, 0.717) is 6.42 Å². The van der Waals surface area contributed by atoms with Gasteiger partial charge in [-0.3, -0.25) is 4.79 Å². The second kappa shape index (κ2) is 2.98. The van der Waals surface area contributed by atoms with Crippen LogP contribution in [0.4, 0.5) is 0 Å². The van der Waals surface area contributed by atoms with E-state index >= 15 is 0 Å². The number of carboxylic acid groups (broad SMARTS) is 1. The van der Waals surface area contributed by atoms with E-state index in [9.17, 15) is 9.90 Å². The van der Waals surface area contributed by atoms with E-state index in [4.69, 9.17) is 5.11 Å². The zero-order valence-corrected chi connectivity index (χ0v) is 8.50. The first kappa shape index (κ1) is 10.5. The smallest absolute Gasteiger partial charge is 0.309 e. The molecule has 0 saturated heterocycles. The van der Waals surface area contributed by atoms with Crippen molar-refractivity contribution in [2.24, 2.45) is 11.3 Å². The summed E-state index contributed by atoms with van der Waals surface area (Å²) in [5.74, 6) is -1.58. The van der Waals surface area contributed by atoms with Gasteiger partial charge < -0.3 is 10.2 Å². The predicted molar refractivity (Wildman–Crippen MR) is 49.4 cm³/mol. The summed E-state index contributed by atoms with van der Waals surface area (Å²) in [5, 5.41) is 19.2. The average molecular weight is 186 g/mol. The SMILES string of the molecule is CC(C(=O)O)C1(O)CCCC1(C)C. The Morgan fingerprint density at radius 2 is 1.92 bits per heavy atom. The molecule has 0 aliphatic heterocycles. The Morgan fingerprint density at radius 1 is 1.38 bits per heavy atom. The summed E-state index contributed by atoms with van der Waals surface area (Å²) >= 11 is 0. The Kier molecular flexibility index (Phi) is 2.41. The van der Waals surface area contributed by atoms with E-state index in [-0.39, 0.29) is 5.41 Å². The molecule has 0 spiro atoms. The van der Waals surface area contributed by atoms with Crippen LogP contribution in [-0.4, -0.2) is 21.8 Å². The lowest BCUT2D eigenvalue weighted by Gasteiger charge is -2.39. The summed E-state index contributed by atoms with van der Waals surface area (Å²) < 4.78 is 0. The van der Waals surface area contributed by atoms with Crippen molar-refractivity contribution in [1.29, 1.82) is 0 Å². The maximum Gasteiger partial charge on any atom is 0.309 e. The molecule has 1 aliphatic rings. The summed E-state index contributed by atoms with van der Waals surface area (Å²) in [4.78, 5) is 10.8. The fraction of sp³-hybridized carbons (Fsp3) is 0.900. The second-order valence-electron chi connectivity index (χ2n) is 4.72. The molecule has 1 saturated carbocycles. The van der Waals surface area contributed by atoms with E-state index in [1.165, 1.54) is 0 Å². The van der Waals surface area contributed by atoms with Crippen LogP contribution >= 0.6 is 0 Å². The van der Waals surface area contributed by atoms with Gasteiger partial charge >= 0.3 is 5.97 Å². The molecule has 2 N–H and O–H groups in total. The largest absolute Gasteiger partial charge is 0.481 e. The van der Waals surface area contributed by atoms with E-state index in [2.05, 4.69) is 0 Å². The standard InChI is InChI=1S/C10H18O3/c1-7(8(11)12)10(13)6-4-5-9(10,2)3/h7,13H,4-6H2,1-3H3,(H,11,12). The van der Waals surface area contributed by atoms with Crippen LogP contribution in [0.5, 0.6) is 0 Å². The summed E-state index contributed by atoms with van der Waals surface area (Å²) in [5.41, 5.74) is -1.30. The lowest BCUT2D eigenvalue weighted by atomic mass is 9.71. The van der Waals surface area contributed by atoms with Gasteiger partial charge in [-0.1, -0.05) is 13.8 Å². The fourth-order valence-electron chi connectivity index (χ4n) is 2.36. The van der Waals surface area contributed by atoms with Crippen LogP contribution in [0.2, 0.25) is 0 Å². The third kappa shape index (κ3) is 1.46. The highest BCUT2D eigenvalue weighted by Crippen LogP contribution is 2.49. The van der Waals surface area contributed by atoms with Gasteiger partial charge in [0.25, 0.3) is 0 Å². The summed E-state index contributed by atoms with van der Waals surface area (Å²) in [6, 6.07) is 0. The molecule has 1 fully saturated rings. The van der Waals surface area contributed by atoms with Gasteiger partial charge in [-0.25, -0.2) is 0 Å². The van der Waals surface area contributed by atoms with Crippen LogP contribution < -0.4 is 0 Å². The normalized spacial score (nSPS) is 34.5.